The van der Waals surface area contributed by atoms with E-state index in [1.165, 1.54) is 6.26 Å². The highest BCUT2D eigenvalue weighted by Crippen LogP contribution is 2.09. The first-order valence-electron chi connectivity index (χ1n) is 6.25. The summed E-state index contributed by atoms with van der Waals surface area (Å²) >= 11 is 0. The fourth-order valence-electron chi connectivity index (χ4n) is 1.82. The number of nitrogens with zero attached hydrogens (tertiary/aromatic N) is 2. The molecule has 2 aromatic rings. The van der Waals surface area contributed by atoms with Crippen molar-refractivity contribution in [2.24, 2.45) is 5.73 Å². The second kappa shape index (κ2) is 6.70. The van der Waals surface area contributed by atoms with E-state index >= 15 is 0 Å². The van der Waals surface area contributed by atoms with Gasteiger partial charge in [-0.15, -0.1) is 0 Å². The number of aromatic nitrogens is 1. The standard InChI is InChI=1S/C14H17N3O2/c15-8-4-9-17(11-12-5-2-1-3-6-12)14(18)13-7-10-19-16-13/h1-3,5-7,10H,4,8-9,11,15H2. The van der Waals surface area contributed by atoms with Crippen molar-refractivity contribution >= 4 is 5.91 Å². The van der Waals surface area contributed by atoms with Crippen LogP contribution < -0.4 is 5.73 Å². The molecule has 1 aromatic heterocycles. The molecule has 0 aliphatic heterocycles. The lowest BCUT2D eigenvalue weighted by Gasteiger charge is -2.21. The fourth-order valence-corrected chi connectivity index (χ4v) is 1.82. The summed E-state index contributed by atoms with van der Waals surface area (Å²) in [5, 5.41) is 3.69. The molecule has 1 amide bonds. The van der Waals surface area contributed by atoms with Crippen molar-refractivity contribution < 1.29 is 9.32 Å². The van der Waals surface area contributed by atoms with Crippen LogP contribution >= 0.6 is 0 Å². The van der Waals surface area contributed by atoms with E-state index in [1.807, 2.05) is 30.3 Å². The summed E-state index contributed by atoms with van der Waals surface area (Å²) in [5.41, 5.74) is 6.92. The van der Waals surface area contributed by atoms with Crippen LogP contribution in [0, 0.1) is 0 Å². The van der Waals surface area contributed by atoms with Crippen LogP contribution in [-0.4, -0.2) is 29.1 Å². The van der Waals surface area contributed by atoms with E-state index in [1.54, 1.807) is 11.0 Å². The zero-order valence-corrected chi connectivity index (χ0v) is 10.7. The van der Waals surface area contributed by atoms with Gasteiger partial charge in [0.25, 0.3) is 5.91 Å². The van der Waals surface area contributed by atoms with Crippen molar-refractivity contribution in [2.75, 3.05) is 13.1 Å². The number of benzene rings is 1. The number of hydrogen-bond acceptors (Lipinski definition) is 4. The topological polar surface area (TPSA) is 72.4 Å². The summed E-state index contributed by atoms with van der Waals surface area (Å²) in [6, 6.07) is 11.4. The lowest BCUT2D eigenvalue weighted by molar-refractivity contribution is 0.0731. The van der Waals surface area contributed by atoms with Crippen LogP contribution in [-0.2, 0) is 6.54 Å². The van der Waals surface area contributed by atoms with E-state index in [2.05, 4.69) is 5.16 Å². The second-order valence-corrected chi connectivity index (χ2v) is 4.24. The quantitative estimate of drug-likeness (QED) is 0.856. The van der Waals surface area contributed by atoms with Crippen LogP contribution in [0.1, 0.15) is 22.5 Å². The summed E-state index contributed by atoms with van der Waals surface area (Å²) in [6.07, 6.45) is 2.16. The van der Waals surface area contributed by atoms with Gasteiger partial charge < -0.3 is 15.2 Å². The van der Waals surface area contributed by atoms with Gasteiger partial charge in [0.1, 0.15) is 6.26 Å². The first kappa shape index (κ1) is 13.3. The van der Waals surface area contributed by atoms with Gasteiger partial charge in [0.15, 0.2) is 5.69 Å². The molecular formula is C14H17N3O2. The third-order valence-electron chi connectivity index (χ3n) is 2.79. The Morgan fingerprint density at radius 3 is 2.68 bits per heavy atom. The first-order valence-corrected chi connectivity index (χ1v) is 6.25. The SMILES string of the molecule is NCCCN(Cc1ccccc1)C(=O)c1ccon1. The molecule has 0 spiro atoms. The fraction of sp³-hybridized carbons (Fsp3) is 0.286. The maximum atomic E-state index is 12.3. The second-order valence-electron chi connectivity index (χ2n) is 4.24. The van der Waals surface area contributed by atoms with Crippen LogP contribution in [0.15, 0.2) is 47.2 Å². The molecule has 0 bridgehead atoms. The molecule has 1 aromatic carbocycles. The van der Waals surface area contributed by atoms with Gasteiger partial charge in [0, 0.05) is 19.2 Å². The molecule has 2 rings (SSSR count). The number of rotatable bonds is 6. The van der Waals surface area contributed by atoms with Crippen LogP contribution in [0.4, 0.5) is 0 Å². The van der Waals surface area contributed by atoms with E-state index in [-0.39, 0.29) is 5.91 Å². The van der Waals surface area contributed by atoms with Crippen molar-refractivity contribution in [3.05, 3.63) is 53.9 Å². The van der Waals surface area contributed by atoms with E-state index in [9.17, 15) is 4.79 Å². The van der Waals surface area contributed by atoms with E-state index < -0.39 is 0 Å². The minimum absolute atomic E-state index is 0.133. The molecule has 0 unspecified atom stereocenters. The van der Waals surface area contributed by atoms with Gasteiger partial charge in [-0.25, -0.2) is 0 Å². The summed E-state index contributed by atoms with van der Waals surface area (Å²) in [6.45, 7) is 1.71. The maximum Gasteiger partial charge on any atom is 0.276 e. The van der Waals surface area contributed by atoms with Crippen LogP contribution in [0.25, 0.3) is 0 Å². The van der Waals surface area contributed by atoms with Gasteiger partial charge in [0.2, 0.25) is 0 Å². The predicted octanol–water partition coefficient (Wildman–Crippen LogP) is 1.67. The van der Waals surface area contributed by atoms with Crippen LogP contribution in [0.5, 0.6) is 0 Å². The highest BCUT2D eigenvalue weighted by molar-refractivity contribution is 5.92. The van der Waals surface area contributed by atoms with E-state index in [0.717, 1.165) is 12.0 Å². The smallest absolute Gasteiger partial charge is 0.276 e. The monoisotopic (exact) mass is 259 g/mol. The van der Waals surface area contributed by atoms with Gasteiger partial charge >= 0.3 is 0 Å². The molecule has 5 nitrogen and oxygen atoms in total. The lowest BCUT2D eigenvalue weighted by Crippen LogP contribution is -2.32. The number of carbonyl (C=O) groups excluding carboxylic acids is 1. The first-order chi connectivity index (χ1) is 9.31. The van der Waals surface area contributed by atoms with Crippen LogP contribution in [0.3, 0.4) is 0 Å². The molecule has 0 fully saturated rings. The minimum atomic E-state index is -0.133. The predicted molar refractivity (Wildman–Crippen MR) is 71.4 cm³/mol. The molecule has 5 heteroatoms. The molecule has 100 valence electrons. The molecule has 0 aliphatic carbocycles. The lowest BCUT2D eigenvalue weighted by atomic mass is 10.2. The number of hydrogen-bond donors (Lipinski definition) is 1. The average molecular weight is 259 g/mol. The third-order valence-corrected chi connectivity index (χ3v) is 2.79. The van der Waals surface area contributed by atoms with E-state index in [0.29, 0.717) is 25.3 Å². The Kier molecular flexibility index (Phi) is 4.69. The summed E-state index contributed by atoms with van der Waals surface area (Å²) in [5.74, 6) is -0.133. The summed E-state index contributed by atoms with van der Waals surface area (Å²) in [7, 11) is 0. The van der Waals surface area contributed by atoms with Crippen molar-refractivity contribution in [1.82, 2.24) is 10.1 Å². The highest BCUT2D eigenvalue weighted by atomic mass is 16.5. The Morgan fingerprint density at radius 1 is 1.26 bits per heavy atom. The molecular weight excluding hydrogens is 242 g/mol. The molecule has 0 radical (unpaired) electrons. The molecule has 2 N–H and O–H groups in total. The molecule has 0 aliphatic rings. The highest BCUT2D eigenvalue weighted by Gasteiger charge is 2.18. The molecule has 19 heavy (non-hydrogen) atoms. The maximum absolute atomic E-state index is 12.3. The summed E-state index contributed by atoms with van der Waals surface area (Å²) in [4.78, 5) is 14.0. The average Bonchev–Trinajstić information content (AvgIpc) is 2.98. The molecule has 0 saturated carbocycles. The Labute approximate surface area is 112 Å². The summed E-state index contributed by atoms with van der Waals surface area (Å²) < 4.78 is 4.72. The zero-order valence-electron chi connectivity index (χ0n) is 10.7. The minimum Gasteiger partial charge on any atom is -0.364 e. The van der Waals surface area contributed by atoms with Crippen molar-refractivity contribution in [3.63, 3.8) is 0 Å². The van der Waals surface area contributed by atoms with Gasteiger partial charge in [0.05, 0.1) is 0 Å². The number of carbonyl (C=O) groups is 1. The number of amides is 1. The Bertz CT molecular complexity index is 497. The van der Waals surface area contributed by atoms with Gasteiger partial charge in [-0.1, -0.05) is 35.5 Å². The third kappa shape index (κ3) is 3.66. The molecule has 0 atom stereocenters. The Morgan fingerprint density at radius 2 is 2.05 bits per heavy atom. The van der Waals surface area contributed by atoms with Crippen molar-refractivity contribution in [3.8, 4) is 0 Å². The largest absolute Gasteiger partial charge is 0.364 e. The molecule has 0 saturated heterocycles. The zero-order chi connectivity index (χ0) is 13.5. The van der Waals surface area contributed by atoms with E-state index in [4.69, 9.17) is 10.3 Å². The Balaban J connectivity index is 2.09. The van der Waals surface area contributed by atoms with Gasteiger partial charge in [-0.3, -0.25) is 4.79 Å². The normalized spacial score (nSPS) is 10.4. The van der Waals surface area contributed by atoms with Gasteiger partial charge in [-0.2, -0.15) is 0 Å². The van der Waals surface area contributed by atoms with Crippen molar-refractivity contribution in [2.45, 2.75) is 13.0 Å². The van der Waals surface area contributed by atoms with Crippen molar-refractivity contribution in [1.29, 1.82) is 0 Å². The van der Waals surface area contributed by atoms with Gasteiger partial charge in [-0.05, 0) is 18.5 Å². The number of nitrogens with two attached hydrogens (primary N) is 1. The van der Waals surface area contributed by atoms with Crippen LogP contribution in [0.2, 0.25) is 0 Å². The molecule has 1 heterocycles. The Hall–Kier alpha value is -2.14.